The van der Waals surface area contributed by atoms with E-state index in [1.165, 1.54) is 6.08 Å². The molecule has 1 aliphatic heterocycles. The fourth-order valence-electron chi connectivity index (χ4n) is 2.41. The van der Waals surface area contributed by atoms with E-state index in [-0.39, 0.29) is 11.3 Å². The van der Waals surface area contributed by atoms with Gasteiger partial charge in [0.15, 0.2) is 0 Å². The van der Waals surface area contributed by atoms with E-state index in [0.29, 0.717) is 0 Å². The zero-order valence-electron chi connectivity index (χ0n) is 12.3. The molecule has 1 aromatic heterocycles. The third-order valence-electron chi connectivity index (χ3n) is 3.32. The number of aliphatic hydroxyl groups excluding tert-OH is 2. The van der Waals surface area contributed by atoms with Crippen LogP contribution in [0.4, 0.5) is 0 Å². The van der Waals surface area contributed by atoms with Gasteiger partial charge in [-0.3, -0.25) is 14.0 Å². The summed E-state index contributed by atoms with van der Waals surface area (Å²) in [5.74, 6) is 0. The molecular formula is C12H15ClN2O8S. The average Bonchev–Trinajstić information content (AvgIpc) is 2.77. The van der Waals surface area contributed by atoms with E-state index in [2.05, 4.69) is 4.98 Å². The first-order valence-corrected chi connectivity index (χ1v) is 8.89. The molecule has 0 saturated carbocycles. The molecule has 2 heterocycles. The lowest BCUT2D eigenvalue weighted by molar-refractivity contribution is -0.0197. The van der Waals surface area contributed by atoms with Gasteiger partial charge in [0.1, 0.15) is 24.4 Å². The highest BCUT2D eigenvalue weighted by molar-refractivity contribution is 7.86. The van der Waals surface area contributed by atoms with Gasteiger partial charge in [-0.05, 0) is 6.08 Å². The van der Waals surface area contributed by atoms with Crippen LogP contribution in [0.3, 0.4) is 0 Å². The van der Waals surface area contributed by atoms with Crippen LogP contribution in [0.5, 0.6) is 0 Å². The molecule has 0 unspecified atom stereocenters. The Labute approximate surface area is 140 Å². The van der Waals surface area contributed by atoms with Crippen molar-refractivity contribution in [3.63, 3.8) is 0 Å². The maximum absolute atomic E-state index is 11.9. The van der Waals surface area contributed by atoms with Gasteiger partial charge in [0.2, 0.25) is 0 Å². The molecule has 0 spiro atoms. The molecule has 0 amide bonds. The van der Waals surface area contributed by atoms with E-state index in [4.69, 9.17) is 20.5 Å². The van der Waals surface area contributed by atoms with Gasteiger partial charge in [0, 0.05) is 5.54 Å². The van der Waals surface area contributed by atoms with Gasteiger partial charge in [0.05, 0.1) is 24.1 Å². The number of aromatic amines is 2. The van der Waals surface area contributed by atoms with Gasteiger partial charge in [-0.15, -0.1) is 0 Å². The third-order valence-corrected chi connectivity index (χ3v) is 4.02. The van der Waals surface area contributed by atoms with Gasteiger partial charge in [-0.2, -0.15) is 8.42 Å². The Hall–Kier alpha value is -1.50. The number of aliphatic hydroxyl groups is 2. The molecule has 1 saturated heterocycles. The Bertz CT molecular complexity index is 845. The first-order chi connectivity index (χ1) is 11.2. The minimum absolute atomic E-state index is 0.0923. The second kappa shape index (κ2) is 7.17. The molecule has 4 atom stereocenters. The van der Waals surface area contributed by atoms with Gasteiger partial charge < -0.3 is 19.9 Å². The van der Waals surface area contributed by atoms with Crippen molar-refractivity contribution in [2.75, 3.05) is 12.9 Å². The Morgan fingerprint density at radius 1 is 1.38 bits per heavy atom. The Morgan fingerprint density at radius 3 is 2.58 bits per heavy atom. The van der Waals surface area contributed by atoms with Crippen molar-refractivity contribution < 1.29 is 27.6 Å². The molecule has 1 fully saturated rings. The monoisotopic (exact) mass is 382 g/mol. The summed E-state index contributed by atoms with van der Waals surface area (Å²) in [5, 5.41) is 19.6. The quantitative estimate of drug-likeness (QED) is 0.443. The molecule has 1 aliphatic rings. The van der Waals surface area contributed by atoms with Crippen LogP contribution < -0.4 is 11.2 Å². The number of aromatic nitrogens is 2. The summed E-state index contributed by atoms with van der Waals surface area (Å²) in [5.41, 5.74) is -0.835. The maximum Gasteiger partial charge on any atom is 0.326 e. The normalized spacial score (nSPS) is 27.8. The molecule has 24 heavy (non-hydrogen) atoms. The van der Waals surface area contributed by atoms with E-state index in [9.17, 15) is 28.2 Å². The van der Waals surface area contributed by atoms with E-state index < -0.39 is 52.4 Å². The van der Waals surface area contributed by atoms with E-state index >= 15 is 0 Å². The van der Waals surface area contributed by atoms with Crippen LogP contribution in [0.15, 0.2) is 15.1 Å². The van der Waals surface area contributed by atoms with Crippen LogP contribution in [0, 0.1) is 0 Å². The van der Waals surface area contributed by atoms with Crippen LogP contribution in [0.2, 0.25) is 0 Å². The highest BCUT2D eigenvalue weighted by Gasteiger charge is 2.47. The molecule has 134 valence electrons. The highest BCUT2D eigenvalue weighted by Crippen LogP contribution is 2.35. The van der Waals surface area contributed by atoms with E-state index in [1.807, 2.05) is 4.98 Å². The predicted molar refractivity (Wildman–Crippen MR) is 83.0 cm³/mol. The van der Waals surface area contributed by atoms with Crippen molar-refractivity contribution in [3.8, 4) is 0 Å². The van der Waals surface area contributed by atoms with Crippen molar-refractivity contribution in [1.82, 2.24) is 9.97 Å². The summed E-state index contributed by atoms with van der Waals surface area (Å²) in [6, 6.07) is 0. The van der Waals surface area contributed by atoms with E-state index in [1.54, 1.807) is 0 Å². The minimum atomic E-state index is -3.95. The van der Waals surface area contributed by atoms with Crippen LogP contribution >= 0.6 is 11.6 Å². The zero-order chi connectivity index (χ0) is 18.1. The molecule has 10 nitrogen and oxygen atoms in total. The first-order valence-electron chi connectivity index (χ1n) is 6.64. The van der Waals surface area contributed by atoms with Crippen molar-refractivity contribution in [2.24, 2.45) is 0 Å². The summed E-state index contributed by atoms with van der Waals surface area (Å²) in [7, 11) is -3.95. The number of halogens is 1. The summed E-state index contributed by atoms with van der Waals surface area (Å²) < 4.78 is 32.7. The van der Waals surface area contributed by atoms with E-state index in [0.717, 1.165) is 11.8 Å². The molecular weight excluding hydrogens is 368 g/mol. The Balaban J connectivity index is 2.50. The molecule has 0 radical (unpaired) electrons. The number of hydrogen-bond acceptors (Lipinski definition) is 8. The Kier molecular flexibility index (Phi) is 5.63. The topological polar surface area (TPSA) is 159 Å². The van der Waals surface area contributed by atoms with Crippen molar-refractivity contribution >= 4 is 27.8 Å². The van der Waals surface area contributed by atoms with Gasteiger partial charge >= 0.3 is 5.69 Å². The zero-order valence-corrected chi connectivity index (χ0v) is 13.9. The van der Waals surface area contributed by atoms with Crippen LogP contribution in [0.1, 0.15) is 17.4 Å². The second-order valence-electron chi connectivity index (χ2n) is 5.06. The van der Waals surface area contributed by atoms with Crippen LogP contribution in [-0.2, 0) is 19.0 Å². The van der Waals surface area contributed by atoms with Crippen molar-refractivity contribution in [2.45, 2.75) is 24.4 Å². The van der Waals surface area contributed by atoms with Crippen molar-refractivity contribution in [3.05, 3.63) is 37.6 Å². The summed E-state index contributed by atoms with van der Waals surface area (Å²) in [6.45, 7) is -0.651. The number of nitrogens with one attached hydrogen (secondary N) is 2. The molecule has 1 aromatic rings. The minimum Gasteiger partial charge on any atom is -0.394 e. The molecule has 4 N–H and O–H groups in total. The summed E-state index contributed by atoms with van der Waals surface area (Å²) in [6.07, 6.45) is -3.54. The molecule has 0 aromatic carbocycles. The number of rotatable bonds is 5. The lowest BCUT2D eigenvalue weighted by Gasteiger charge is -2.18. The smallest absolute Gasteiger partial charge is 0.326 e. The maximum atomic E-state index is 11.9. The number of H-pyrrole nitrogens is 2. The largest absolute Gasteiger partial charge is 0.394 e. The molecule has 12 heteroatoms. The van der Waals surface area contributed by atoms with Gasteiger partial charge in [0.25, 0.3) is 15.7 Å². The SMILES string of the molecule is CS(=O)(=O)O[C@@H]1[C@@H](O)[C@H](c2[nH]c(=O)[nH]c(=O)c2C=CCl)O[C@@H]1CO. The third kappa shape index (κ3) is 3.94. The standard InChI is InChI=1S/C12H15ClN2O8S/c1-24(20,21)23-9-6(4-16)22-10(8(9)17)7-5(2-3-13)11(18)15-12(19)14-7/h2-3,6,8-10,16-17H,4H2,1H3,(H2,14,15,18,19)/t6-,8-,9+,10+/m1/s1. The fraction of sp³-hybridized carbons (Fsp3) is 0.500. The predicted octanol–water partition coefficient (Wildman–Crippen LogP) is -1.59. The average molecular weight is 383 g/mol. The summed E-state index contributed by atoms with van der Waals surface area (Å²) in [4.78, 5) is 27.7. The Morgan fingerprint density at radius 2 is 2.04 bits per heavy atom. The van der Waals surface area contributed by atoms with Crippen LogP contribution in [-0.4, -0.2) is 59.8 Å². The van der Waals surface area contributed by atoms with Gasteiger partial charge in [-0.1, -0.05) is 11.6 Å². The van der Waals surface area contributed by atoms with Gasteiger partial charge in [-0.25, -0.2) is 4.79 Å². The molecule has 0 bridgehead atoms. The fourth-order valence-corrected chi connectivity index (χ4v) is 3.18. The first kappa shape index (κ1) is 18.8. The van der Waals surface area contributed by atoms with Crippen LogP contribution in [0.25, 0.3) is 6.08 Å². The highest BCUT2D eigenvalue weighted by atomic mass is 35.5. The number of ether oxygens (including phenoxy) is 1. The number of hydrogen-bond donors (Lipinski definition) is 4. The second-order valence-corrected chi connectivity index (χ2v) is 6.91. The lowest BCUT2D eigenvalue weighted by atomic mass is 10.0. The van der Waals surface area contributed by atoms with Crippen molar-refractivity contribution in [1.29, 1.82) is 0 Å². The molecule has 0 aliphatic carbocycles. The summed E-state index contributed by atoms with van der Waals surface area (Å²) >= 11 is 5.46. The lowest BCUT2D eigenvalue weighted by Crippen LogP contribution is -2.37. The molecule has 2 rings (SSSR count).